The molecule has 0 spiro atoms. The van der Waals surface area contributed by atoms with Gasteiger partial charge in [-0.15, -0.1) is 0 Å². The minimum absolute atomic E-state index is 0.0911. The van der Waals surface area contributed by atoms with E-state index in [0.717, 1.165) is 17.5 Å². The van der Waals surface area contributed by atoms with E-state index >= 15 is 0 Å². The summed E-state index contributed by atoms with van der Waals surface area (Å²) >= 11 is 0. The van der Waals surface area contributed by atoms with Gasteiger partial charge in [0.25, 0.3) is 5.56 Å². The van der Waals surface area contributed by atoms with E-state index < -0.39 is 0 Å². The number of likely N-dealkylation sites (N-methyl/N-ethyl adjacent to an activating group) is 1. The molecule has 3 heterocycles. The van der Waals surface area contributed by atoms with Gasteiger partial charge in [-0.25, -0.2) is 15.0 Å². The predicted octanol–water partition coefficient (Wildman–Crippen LogP) is 1.61. The van der Waals surface area contributed by atoms with E-state index in [0.29, 0.717) is 43.2 Å². The zero-order valence-corrected chi connectivity index (χ0v) is 21.2. The van der Waals surface area contributed by atoms with Gasteiger partial charge in [-0.05, 0) is 25.0 Å². The number of hydrogen-bond acceptors (Lipinski definition) is 9. The molecule has 1 amide bonds. The maximum atomic E-state index is 13.5. The van der Waals surface area contributed by atoms with Gasteiger partial charge in [-0.3, -0.25) is 14.2 Å². The predicted molar refractivity (Wildman–Crippen MR) is 137 cm³/mol. The summed E-state index contributed by atoms with van der Waals surface area (Å²) in [6.07, 6.45) is 4.82. The minimum atomic E-state index is -0.348. The summed E-state index contributed by atoms with van der Waals surface area (Å²) in [5.74, 6) is 0.296. The summed E-state index contributed by atoms with van der Waals surface area (Å²) < 4.78 is 12.3. The lowest BCUT2D eigenvalue weighted by Gasteiger charge is -2.21. The molecule has 11 heteroatoms. The average Bonchev–Trinajstić information content (AvgIpc) is 2.90. The van der Waals surface area contributed by atoms with E-state index in [1.165, 1.54) is 4.90 Å². The number of aromatic nitrogens is 4. The monoisotopic (exact) mass is 498 g/mol. The van der Waals surface area contributed by atoms with Gasteiger partial charge in [0.2, 0.25) is 11.8 Å². The summed E-state index contributed by atoms with van der Waals surface area (Å²) in [5, 5.41) is 12.1. The van der Waals surface area contributed by atoms with Crippen LogP contribution in [0.4, 0.5) is 5.82 Å². The Morgan fingerprint density at radius 1 is 1.19 bits per heavy atom. The molecule has 0 saturated carbocycles. The summed E-state index contributed by atoms with van der Waals surface area (Å²) in [7, 11) is 3.18. The van der Waals surface area contributed by atoms with Crippen LogP contribution in [-0.4, -0.2) is 77.1 Å². The van der Waals surface area contributed by atoms with Crippen LogP contribution in [0.2, 0.25) is 0 Å². The SMILES string of the molecule is CCCOCCn1c(=O)c(N(C)CC(=O)N[C@H](CC)CO)nc2ncc(-c3ccc(OC)nc3)cc21. The molecule has 0 aromatic carbocycles. The maximum Gasteiger partial charge on any atom is 0.294 e. The molecule has 0 aliphatic heterocycles. The Kier molecular flexibility index (Phi) is 9.71. The van der Waals surface area contributed by atoms with Crippen molar-refractivity contribution in [3.63, 3.8) is 0 Å². The van der Waals surface area contributed by atoms with Crippen molar-refractivity contribution in [1.82, 2.24) is 24.8 Å². The van der Waals surface area contributed by atoms with Gasteiger partial charge in [0, 0.05) is 49.8 Å². The molecule has 1 atom stereocenters. The highest BCUT2D eigenvalue weighted by Gasteiger charge is 2.19. The Hall–Kier alpha value is -3.57. The third kappa shape index (κ3) is 6.55. The molecule has 3 aromatic heterocycles. The topological polar surface area (TPSA) is 132 Å². The number of aliphatic hydroxyl groups is 1. The Morgan fingerprint density at radius 2 is 1.97 bits per heavy atom. The van der Waals surface area contributed by atoms with Crippen LogP contribution in [0, 0.1) is 0 Å². The number of fused-ring (bicyclic) bond motifs is 1. The number of rotatable bonds is 13. The average molecular weight is 499 g/mol. The molecule has 11 nitrogen and oxygen atoms in total. The number of carbonyl (C=O) groups excluding carboxylic acids is 1. The van der Waals surface area contributed by atoms with Crippen LogP contribution in [0.3, 0.4) is 0 Å². The molecule has 0 radical (unpaired) electrons. The lowest BCUT2D eigenvalue weighted by Crippen LogP contribution is -2.44. The van der Waals surface area contributed by atoms with Crippen molar-refractivity contribution in [2.75, 3.05) is 45.4 Å². The van der Waals surface area contributed by atoms with Crippen molar-refractivity contribution in [2.45, 2.75) is 39.3 Å². The van der Waals surface area contributed by atoms with E-state index in [1.54, 1.807) is 37.2 Å². The highest BCUT2D eigenvalue weighted by atomic mass is 16.5. The standard InChI is InChI=1S/C25H34N6O5/c1-5-10-36-11-9-31-20-12-18(17-7-8-22(35-4)26-13-17)14-27-23(20)29-24(25(31)34)30(3)15-21(33)28-19(6-2)16-32/h7-8,12-14,19,32H,5-6,9-11,15-16H2,1-4H3,(H,28,33)/t19-/m1/s1. The van der Waals surface area contributed by atoms with Crippen LogP contribution >= 0.6 is 0 Å². The van der Waals surface area contributed by atoms with E-state index in [4.69, 9.17) is 9.47 Å². The fourth-order valence-corrected chi connectivity index (χ4v) is 3.65. The molecule has 0 bridgehead atoms. The van der Waals surface area contributed by atoms with Crippen LogP contribution in [0.5, 0.6) is 5.88 Å². The molecule has 0 fully saturated rings. The van der Waals surface area contributed by atoms with Crippen molar-refractivity contribution < 1.29 is 19.4 Å². The van der Waals surface area contributed by atoms with E-state index in [2.05, 4.69) is 20.3 Å². The Morgan fingerprint density at radius 3 is 2.61 bits per heavy atom. The molecule has 0 aliphatic carbocycles. The summed E-state index contributed by atoms with van der Waals surface area (Å²) in [6, 6.07) is 5.14. The smallest absolute Gasteiger partial charge is 0.294 e. The second kappa shape index (κ2) is 12.9. The maximum absolute atomic E-state index is 13.5. The first-order chi connectivity index (χ1) is 17.4. The normalized spacial score (nSPS) is 11.9. The number of methoxy groups -OCH3 is 1. The first kappa shape index (κ1) is 27.0. The fraction of sp³-hybridized carbons (Fsp3) is 0.480. The highest BCUT2D eigenvalue weighted by molar-refractivity contribution is 5.82. The van der Waals surface area contributed by atoms with Crippen molar-refractivity contribution >= 4 is 22.9 Å². The number of amides is 1. The van der Waals surface area contributed by atoms with Gasteiger partial charge < -0.3 is 24.8 Å². The van der Waals surface area contributed by atoms with E-state index in [-0.39, 0.29) is 36.5 Å². The fourth-order valence-electron chi connectivity index (χ4n) is 3.65. The van der Waals surface area contributed by atoms with Crippen LogP contribution in [0.25, 0.3) is 22.3 Å². The van der Waals surface area contributed by atoms with Crippen LogP contribution in [0.1, 0.15) is 26.7 Å². The van der Waals surface area contributed by atoms with Gasteiger partial charge in [-0.2, -0.15) is 0 Å². The van der Waals surface area contributed by atoms with E-state index in [1.807, 2.05) is 26.0 Å². The summed E-state index contributed by atoms with van der Waals surface area (Å²) in [5.41, 5.74) is 2.18. The minimum Gasteiger partial charge on any atom is -0.481 e. The second-order valence-corrected chi connectivity index (χ2v) is 8.37. The number of hydrogen-bond donors (Lipinski definition) is 2. The number of nitrogens with one attached hydrogen (secondary N) is 1. The van der Waals surface area contributed by atoms with Gasteiger partial charge >= 0.3 is 0 Å². The van der Waals surface area contributed by atoms with Crippen molar-refractivity contribution in [3.05, 3.63) is 40.9 Å². The second-order valence-electron chi connectivity index (χ2n) is 8.37. The Labute approximate surface area is 210 Å². The number of ether oxygens (including phenoxy) is 2. The third-order valence-corrected chi connectivity index (χ3v) is 5.69. The van der Waals surface area contributed by atoms with Crippen molar-refractivity contribution in [3.8, 4) is 17.0 Å². The number of pyridine rings is 2. The number of anilines is 1. The highest BCUT2D eigenvalue weighted by Crippen LogP contribution is 2.23. The number of aliphatic hydroxyl groups excluding tert-OH is 1. The molecule has 3 aromatic rings. The Bertz CT molecular complexity index is 1210. The van der Waals surface area contributed by atoms with Crippen LogP contribution in [0.15, 0.2) is 35.4 Å². The summed E-state index contributed by atoms with van der Waals surface area (Å²) in [6.45, 7) is 4.89. The van der Waals surface area contributed by atoms with Crippen molar-refractivity contribution in [1.29, 1.82) is 0 Å². The quantitative estimate of drug-likeness (QED) is 0.337. The number of nitrogens with zero attached hydrogens (tertiary/aromatic N) is 5. The molecule has 3 rings (SSSR count). The molecule has 36 heavy (non-hydrogen) atoms. The van der Waals surface area contributed by atoms with Gasteiger partial charge in [0.1, 0.15) is 0 Å². The first-order valence-corrected chi connectivity index (χ1v) is 12.0. The molecular weight excluding hydrogens is 464 g/mol. The summed E-state index contributed by atoms with van der Waals surface area (Å²) in [4.78, 5) is 40.7. The molecular formula is C25H34N6O5. The van der Waals surface area contributed by atoms with Gasteiger partial charge in [-0.1, -0.05) is 13.8 Å². The van der Waals surface area contributed by atoms with Crippen LogP contribution < -0.4 is 20.5 Å². The van der Waals surface area contributed by atoms with Crippen molar-refractivity contribution in [2.24, 2.45) is 0 Å². The lowest BCUT2D eigenvalue weighted by atomic mass is 10.1. The molecule has 0 aliphatic rings. The molecule has 2 N–H and O–H groups in total. The van der Waals surface area contributed by atoms with E-state index in [9.17, 15) is 14.7 Å². The lowest BCUT2D eigenvalue weighted by molar-refractivity contribution is -0.120. The zero-order chi connectivity index (χ0) is 26.1. The van der Waals surface area contributed by atoms with Gasteiger partial charge in [0.15, 0.2) is 11.5 Å². The van der Waals surface area contributed by atoms with Gasteiger partial charge in [0.05, 0.1) is 38.4 Å². The Balaban J connectivity index is 1.98. The third-order valence-electron chi connectivity index (χ3n) is 5.69. The number of carbonyl (C=O) groups is 1. The van der Waals surface area contributed by atoms with Crippen LogP contribution in [-0.2, 0) is 16.1 Å². The zero-order valence-electron chi connectivity index (χ0n) is 21.2. The molecule has 194 valence electrons. The molecule has 0 saturated heterocycles. The first-order valence-electron chi connectivity index (χ1n) is 12.0. The molecule has 0 unspecified atom stereocenters. The largest absolute Gasteiger partial charge is 0.481 e.